The topological polar surface area (TPSA) is 94.6 Å². The van der Waals surface area contributed by atoms with Gasteiger partial charge in [-0.2, -0.15) is 0 Å². The second-order valence-electron chi connectivity index (χ2n) is 5.94. The summed E-state index contributed by atoms with van der Waals surface area (Å²) in [6, 6.07) is 3.49. The molecule has 0 aliphatic carbocycles. The van der Waals surface area contributed by atoms with Crippen LogP contribution in [0.5, 0.6) is 17.2 Å². The predicted octanol–water partition coefficient (Wildman–Crippen LogP) is 2.63. The molecule has 2 N–H and O–H groups in total. The van der Waals surface area contributed by atoms with E-state index in [0.29, 0.717) is 46.9 Å². The zero-order valence-corrected chi connectivity index (χ0v) is 15.6. The van der Waals surface area contributed by atoms with Crippen LogP contribution in [0.2, 0.25) is 0 Å². The molecule has 0 bridgehead atoms. The standard InChI is InChI=1S/C18H24N4O4/c1-11(2)8-19-17(23)12-9-20-18(21-10-12)22-13-6-14(24-3)16(26-5)15(7-13)25-4/h6-7,9-11H,8H2,1-5H3,(H,19,23)(H,20,21,22). The largest absolute Gasteiger partial charge is 0.493 e. The lowest BCUT2D eigenvalue weighted by molar-refractivity contribution is 0.0948. The molecule has 26 heavy (non-hydrogen) atoms. The number of nitrogens with one attached hydrogen (secondary N) is 2. The van der Waals surface area contributed by atoms with Gasteiger partial charge in [0, 0.05) is 36.8 Å². The summed E-state index contributed by atoms with van der Waals surface area (Å²) in [6.45, 7) is 4.66. The van der Waals surface area contributed by atoms with E-state index in [4.69, 9.17) is 14.2 Å². The maximum atomic E-state index is 12.0. The Hall–Kier alpha value is -3.03. The van der Waals surface area contributed by atoms with E-state index in [9.17, 15) is 4.79 Å². The summed E-state index contributed by atoms with van der Waals surface area (Å²) < 4.78 is 15.9. The van der Waals surface area contributed by atoms with Gasteiger partial charge in [-0.1, -0.05) is 13.8 Å². The highest BCUT2D eigenvalue weighted by atomic mass is 16.5. The van der Waals surface area contributed by atoms with Crippen molar-refractivity contribution in [2.24, 2.45) is 5.92 Å². The van der Waals surface area contributed by atoms with Gasteiger partial charge in [-0.25, -0.2) is 9.97 Å². The minimum Gasteiger partial charge on any atom is -0.493 e. The third kappa shape index (κ3) is 4.75. The first-order valence-electron chi connectivity index (χ1n) is 8.15. The number of carbonyl (C=O) groups is 1. The van der Waals surface area contributed by atoms with Crippen LogP contribution in [0.3, 0.4) is 0 Å². The molecule has 0 spiro atoms. The third-order valence-electron chi connectivity index (χ3n) is 3.51. The highest BCUT2D eigenvalue weighted by molar-refractivity contribution is 5.93. The number of anilines is 2. The average molecular weight is 360 g/mol. The van der Waals surface area contributed by atoms with Crippen molar-refractivity contribution in [2.75, 3.05) is 33.2 Å². The quantitative estimate of drug-likeness (QED) is 0.747. The van der Waals surface area contributed by atoms with Crippen molar-refractivity contribution in [1.82, 2.24) is 15.3 Å². The molecule has 0 aliphatic heterocycles. The maximum absolute atomic E-state index is 12.0. The number of hydrogen-bond donors (Lipinski definition) is 2. The summed E-state index contributed by atoms with van der Waals surface area (Å²) in [6.07, 6.45) is 2.95. The molecule has 2 rings (SSSR count). The Balaban J connectivity index is 2.15. The molecule has 8 heteroatoms. The minimum absolute atomic E-state index is 0.196. The SMILES string of the molecule is COc1cc(Nc2ncc(C(=O)NCC(C)C)cn2)cc(OC)c1OC. The second kappa shape index (κ2) is 8.89. The molecule has 1 aromatic heterocycles. The number of benzene rings is 1. The molecule has 0 saturated carbocycles. The van der Waals surface area contributed by atoms with E-state index in [1.165, 1.54) is 12.4 Å². The summed E-state index contributed by atoms with van der Waals surface area (Å²) in [4.78, 5) is 20.4. The van der Waals surface area contributed by atoms with Crippen LogP contribution >= 0.6 is 0 Å². The number of hydrogen-bond acceptors (Lipinski definition) is 7. The normalized spacial score (nSPS) is 10.4. The average Bonchev–Trinajstić information content (AvgIpc) is 2.65. The fourth-order valence-corrected chi connectivity index (χ4v) is 2.19. The molecule has 1 amide bonds. The zero-order valence-electron chi connectivity index (χ0n) is 15.6. The smallest absolute Gasteiger partial charge is 0.254 e. The molecule has 0 saturated heterocycles. The first kappa shape index (κ1) is 19.3. The highest BCUT2D eigenvalue weighted by Gasteiger charge is 2.14. The summed E-state index contributed by atoms with van der Waals surface area (Å²) >= 11 is 0. The van der Waals surface area contributed by atoms with E-state index in [-0.39, 0.29) is 5.91 Å². The van der Waals surface area contributed by atoms with Gasteiger partial charge in [0.05, 0.1) is 26.9 Å². The summed E-state index contributed by atoms with van der Waals surface area (Å²) in [5, 5.41) is 5.88. The zero-order chi connectivity index (χ0) is 19.1. The van der Waals surface area contributed by atoms with E-state index in [2.05, 4.69) is 20.6 Å². The molecule has 8 nitrogen and oxygen atoms in total. The molecular weight excluding hydrogens is 336 g/mol. The molecule has 0 unspecified atom stereocenters. The van der Waals surface area contributed by atoms with Crippen LogP contribution in [0.25, 0.3) is 0 Å². The number of nitrogens with zero attached hydrogens (tertiary/aromatic N) is 2. The van der Waals surface area contributed by atoms with Crippen LogP contribution in [0.1, 0.15) is 24.2 Å². The molecule has 0 radical (unpaired) electrons. The van der Waals surface area contributed by atoms with Gasteiger partial charge in [0.2, 0.25) is 11.7 Å². The maximum Gasteiger partial charge on any atom is 0.254 e. The Morgan fingerprint density at radius 3 is 2.08 bits per heavy atom. The van der Waals surface area contributed by atoms with Crippen molar-refractivity contribution >= 4 is 17.5 Å². The van der Waals surface area contributed by atoms with Gasteiger partial charge in [-0.05, 0) is 5.92 Å². The van der Waals surface area contributed by atoms with E-state index in [1.54, 1.807) is 33.5 Å². The van der Waals surface area contributed by atoms with Crippen LogP contribution in [0.4, 0.5) is 11.6 Å². The lowest BCUT2D eigenvalue weighted by atomic mass is 10.2. The van der Waals surface area contributed by atoms with Crippen LogP contribution in [-0.4, -0.2) is 43.7 Å². The number of aromatic nitrogens is 2. The molecule has 1 aromatic carbocycles. The van der Waals surface area contributed by atoms with Crippen molar-refractivity contribution in [3.63, 3.8) is 0 Å². The fraction of sp³-hybridized carbons (Fsp3) is 0.389. The third-order valence-corrected chi connectivity index (χ3v) is 3.51. The Kier molecular flexibility index (Phi) is 6.60. The van der Waals surface area contributed by atoms with E-state index in [0.717, 1.165) is 0 Å². The van der Waals surface area contributed by atoms with Crippen molar-refractivity contribution in [3.8, 4) is 17.2 Å². The first-order valence-corrected chi connectivity index (χ1v) is 8.15. The summed E-state index contributed by atoms with van der Waals surface area (Å²) in [5.41, 5.74) is 1.07. The minimum atomic E-state index is -0.196. The lowest BCUT2D eigenvalue weighted by Crippen LogP contribution is -2.27. The number of carbonyl (C=O) groups excluding carboxylic acids is 1. The van der Waals surface area contributed by atoms with Crippen LogP contribution in [0.15, 0.2) is 24.5 Å². The van der Waals surface area contributed by atoms with Gasteiger partial charge in [0.25, 0.3) is 5.91 Å². The Morgan fingerprint density at radius 2 is 1.62 bits per heavy atom. The van der Waals surface area contributed by atoms with Gasteiger partial charge in [-0.15, -0.1) is 0 Å². The van der Waals surface area contributed by atoms with Gasteiger partial charge in [0.1, 0.15) is 0 Å². The highest BCUT2D eigenvalue weighted by Crippen LogP contribution is 2.40. The molecule has 0 fully saturated rings. The van der Waals surface area contributed by atoms with Crippen molar-refractivity contribution < 1.29 is 19.0 Å². The van der Waals surface area contributed by atoms with Crippen LogP contribution in [0, 0.1) is 5.92 Å². The van der Waals surface area contributed by atoms with E-state index in [1.807, 2.05) is 13.8 Å². The van der Waals surface area contributed by atoms with Crippen molar-refractivity contribution in [1.29, 1.82) is 0 Å². The Morgan fingerprint density at radius 1 is 1.04 bits per heavy atom. The fourth-order valence-electron chi connectivity index (χ4n) is 2.19. The van der Waals surface area contributed by atoms with E-state index < -0.39 is 0 Å². The number of ether oxygens (including phenoxy) is 3. The van der Waals surface area contributed by atoms with E-state index >= 15 is 0 Å². The van der Waals surface area contributed by atoms with Crippen molar-refractivity contribution in [2.45, 2.75) is 13.8 Å². The summed E-state index contributed by atoms with van der Waals surface area (Å²) in [7, 11) is 4.63. The molecule has 0 aliphatic rings. The molecular formula is C18H24N4O4. The van der Waals surface area contributed by atoms with Gasteiger partial charge in [-0.3, -0.25) is 4.79 Å². The van der Waals surface area contributed by atoms with Gasteiger partial charge < -0.3 is 24.8 Å². The summed E-state index contributed by atoms with van der Waals surface area (Å²) in [5.74, 6) is 2.05. The molecule has 2 aromatic rings. The Bertz CT molecular complexity index is 722. The van der Waals surface area contributed by atoms with Crippen molar-refractivity contribution in [3.05, 3.63) is 30.1 Å². The number of rotatable bonds is 8. The second-order valence-corrected chi connectivity index (χ2v) is 5.94. The monoisotopic (exact) mass is 360 g/mol. The van der Waals surface area contributed by atoms with Crippen LogP contribution < -0.4 is 24.8 Å². The van der Waals surface area contributed by atoms with Gasteiger partial charge >= 0.3 is 0 Å². The Labute approximate surface area is 152 Å². The van der Waals surface area contributed by atoms with Crippen LogP contribution in [-0.2, 0) is 0 Å². The predicted molar refractivity (Wildman–Crippen MR) is 98.6 cm³/mol. The number of methoxy groups -OCH3 is 3. The molecule has 0 atom stereocenters. The molecule has 140 valence electrons. The number of amides is 1. The molecule has 1 heterocycles. The lowest BCUT2D eigenvalue weighted by Gasteiger charge is -2.14. The first-order chi connectivity index (χ1) is 12.5. The van der Waals surface area contributed by atoms with Gasteiger partial charge in [0.15, 0.2) is 11.5 Å².